The summed E-state index contributed by atoms with van der Waals surface area (Å²) >= 11 is 0. The van der Waals surface area contributed by atoms with Gasteiger partial charge in [-0.3, -0.25) is 9.48 Å². The molecule has 0 spiro atoms. The summed E-state index contributed by atoms with van der Waals surface area (Å²) in [7, 11) is 1.28. The lowest BCUT2D eigenvalue weighted by Gasteiger charge is -2.27. The summed E-state index contributed by atoms with van der Waals surface area (Å²) < 4.78 is 43.4. The van der Waals surface area contributed by atoms with Crippen molar-refractivity contribution in [1.29, 1.82) is 0 Å². The van der Waals surface area contributed by atoms with Gasteiger partial charge in [-0.05, 0) is 26.3 Å². The number of rotatable bonds is 7. The second-order valence-corrected chi connectivity index (χ2v) is 4.99. The number of aryl methyl sites for hydroxylation is 1. The molecule has 0 amide bonds. The van der Waals surface area contributed by atoms with Crippen molar-refractivity contribution in [1.82, 2.24) is 15.1 Å². The number of hydrogen-bond acceptors (Lipinski definition) is 4. The molecule has 0 fully saturated rings. The minimum Gasteiger partial charge on any atom is -0.468 e. The Balaban J connectivity index is 2.73. The van der Waals surface area contributed by atoms with Gasteiger partial charge in [-0.15, -0.1) is 0 Å². The van der Waals surface area contributed by atoms with Crippen LogP contribution in [-0.2, 0) is 22.3 Å². The van der Waals surface area contributed by atoms with Crippen molar-refractivity contribution in [2.24, 2.45) is 0 Å². The van der Waals surface area contributed by atoms with Gasteiger partial charge >= 0.3 is 12.1 Å². The number of carbonyl (C=O) groups excluding carboxylic acids is 1. The molecular weight excluding hydrogens is 287 g/mol. The standard InChI is InChI=1S/C13H20F3N3O2/c1-4-6-17-12(2,11(20)21-3)5-7-19-9-10(8-18-19)13(14,15)16/h8-9,17H,4-7H2,1-3H3. The summed E-state index contributed by atoms with van der Waals surface area (Å²) in [6, 6.07) is 0. The fraction of sp³-hybridized carbons (Fsp3) is 0.692. The van der Waals surface area contributed by atoms with Gasteiger partial charge in [0.1, 0.15) is 5.54 Å². The molecule has 0 saturated carbocycles. The Labute approximate surface area is 121 Å². The fourth-order valence-corrected chi connectivity index (χ4v) is 1.86. The first-order chi connectivity index (χ1) is 9.73. The van der Waals surface area contributed by atoms with E-state index in [2.05, 4.69) is 10.4 Å². The number of carbonyl (C=O) groups is 1. The number of aromatic nitrogens is 2. The Hall–Kier alpha value is -1.57. The third-order valence-electron chi connectivity index (χ3n) is 3.20. The van der Waals surface area contributed by atoms with E-state index in [4.69, 9.17) is 4.74 Å². The van der Waals surface area contributed by atoms with E-state index in [0.29, 0.717) is 6.54 Å². The predicted octanol–water partition coefficient (Wildman–Crippen LogP) is 2.22. The first-order valence-electron chi connectivity index (χ1n) is 6.66. The lowest BCUT2D eigenvalue weighted by Crippen LogP contribution is -2.51. The average Bonchev–Trinajstić information content (AvgIpc) is 2.91. The molecule has 8 heteroatoms. The Bertz CT molecular complexity index is 473. The molecule has 0 aliphatic carbocycles. The first-order valence-corrected chi connectivity index (χ1v) is 6.66. The number of halogens is 3. The Kier molecular flexibility index (Phi) is 5.77. The molecule has 1 rings (SSSR count). The number of nitrogens with one attached hydrogen (secondary N) is 1. The summed E-state index contributed by atoms with van der Waals surface area (Å²) in [6.07, 6.45) is -1.61. The SMILES string of the molecule is CCCNC(C)(CCn1cc(C(F)(F)F)cn1)C(=O)OC. The van der Waals surface area contributed by atoms with Crippen LogP contribution in [0.25, 0.3) is 0 Å². The fourth-order valence-electron chi connectivity index (χ4n) is 1.86. The molecule has 0 aliphatic heterocycles. The monoisotopic (exact) mass is 307 g/mol. The number of hydrogen-bond donors (Lipinski definition) is 1. The van der Waals surface area contributed by atoms with Gasteiger partial charge in [-0.1, -0.05) is 6.92 Å². The van der Waals surface area contributed by atoms with Crippen molar-refractivity contribution in [2.45, 2.75) is 44.9 Å². The quantitative estimate of drug-likeness (QED) is 0.785. The summed E-state index contributed by atoms with van der Waals surface area (Å²) in [5, 5.41) is 6.73. The molecular formula is C13H20F3N3O2. The van der Waals surface area contributed by atoms with Gasteiger partial charge in [0.25, 0.3) is 0 Å². The molecule has 0 radical (unpaired) electrons. The molecule has 5 nitrogen and oxygen atoms in total. The van der Waals surface area contributed by atoms with Gasteiger partial charge in [0.05, 0.1) is 18.9 Å². The van der Waals surface area contributed by atoms with Gasteiger partial charge in [-0.25, -0.2) is 0 Å². The van der Waals surface area contributed by atoms with Crippen LogP contribution >= 0.6 is 0 Å². The minimum absolute atomic E-state index is 0.179. The van der Waals surface area contributed by atoms with Crippen molar-refractivity contribution in [3.05, 3.63) is 18.0 Å². The van der Waals surface area contributed by atoms with Crippen molar-refractivity contribution < 1.29 is 22.7 Å². The third-order valence-corrected chi connectivity index (χ3v) is 3.20. The van der Waals surface area contributed by atoms with Crippen LogP contribution in [0.4, 0.5) is 13.2 Å². The Morgan fingerprint density at radius 2 is 2.14 bits per heavy atom. The van der Waals surface area contributed by atoms with Crippen molar-refractivity contribution in [3.8, 4) is 0 Å². The van der Waals surface area contributed by atoms with Crippen LogP contribution < -0.4 is 5.32 Å². The maximum atomic E-state index is 12.5. The zero-order valence-electron chi connectivity index (χ0n) is 12.3. The van der Waals surface area contributed by atoms with Gasteiger partial charge < -0.3 is 10.1 Å². The highest BCUT2D eigenvalue weighted by Crippen LogP contribution is 2.28. The molecule has 0 aliphatic rings. The molecule has 0 aromatic carbocycles. The minimum atomic E-state index is -4.41. The molecule has 1 atom stereocenters. The van der Waals surface area contributed by atoms with Crippen LogP contribution in [0.5, 0.6) is 0 Å². The maximum absolute atomic E-state index is 12.5. The summed E-state index contributed by atoms with van der Waals surface area (Å²) in [5.41, 5.74) is -1.75. The third kappa shape index (κ3) is 4.73. The van der Waals surface area contributed by atoms with E-state index in [9.17, 15) is 18.0 Å². The van der Waals surface area contributed by atoms with E-state index in [0.717, 1.165) is 18.8 Å². The highest BCUT2D eigenvalue weighted by atomic mass is 19.4. The van der Waals surface area contributed by atoms with Crippen LogP contribution in [0.1, 0.15) is 32.3 Å². The number of nitrogens with zero attached hydrogens (tertiary/aromatic N) is 2. The van der Waals surface area contributed by atoms with E-state index in [1.165, 1.54) is 11.8 Å². The van der Waals surface area contributed by atoms with E-state index in [1.807, 2.05) is 6.92 Å². The van der Waals surface area contributed by atoms with Gasteiger partial charge in [-0.2, -0.15) is 18.3 Å². The molecule has 1 heterocycles. The molecule has 1 unspecified atom stereocenters. The second-order valence-electron chi connectivity index (χ2n) is 4.99. The maximum Gasteiger partial charge on any atom is 0.419 e. The van der Waals surface area contributed by atoms with Crippen LogP contribution in [0.2, 0.25) is 0 Å². The Morgan fingerprint density at radius 3 is 2.62 bits per heavy atom. The van der Waals surface area contributed by atoms with Gasteiger partial charge in [0.2, 0.25) is 0 Å². The van der Waals surface area contributed by atoms with E-state index in [1.54, 1.807) is 6.92 Å². The highest BCUT2D eigenvalue weighted by Gasteiger charge is 2.35. The van der Waals surface area contributed by atoms with E-state index >= 15 is 0 Å². The van der Waals surface area contributed by atoms with E-state index < -0.39 is 23.2 Å². The number of ether oxygens (including phenoxy) is 1. The van der Waals surface area contributed by atoms with Gasteiger partial charge in [0, 0.05) is 12.7 Å². The zero-order valence-corrected chi connectivity index (χ0v) is 12.3. The average molecular weight is 307 g/mol. The first kappa shape index (κ1) is 17.5. The molecule has 1 N–H and O–H groups in total. The molecule has 1 aromatic heterocycles. The van der Waals surface area contributed by atoms with Crippen molar-refractivity contribution in [2.75, 3.05) is 13.7 Å². The van der Waals surface area contributed by atoms with Crippen molar-refractivity contribution >= 4 is 5.97 Å². The van der Waals surface area contributed by atoms with Crippen molar-refractivity contribution in [3.63, 3.8) is 0 Å². The summed E-state index contributed by atoms with van der Waals surface area (Å²) in [4.78, 5) is 11.8. The second kappa shape index (κ2) is 6.93. The molecule has 0 bridgehead atoms. The van der Waals surface area contributed by atoms with Crippen LogP contribution in [-0.4, -0.2) is 34.9 Å². The highest BCUT2D eigenvalue weighted by molar-refractivity contribution is 5.80. The summed E-state index contributed by atoms with van der Waals surface area (Å²) in [5.74, 6) is -0.445. The number of alkyl halides is 3. The van der Waals surface area contributed by atoms with Crippen LogP contribution in [0.15, 0.2) is 12.4 Å². The van der Waals surface area contributed by atoms with Crippen LogP contribution in [0, 0.1) is 0 Å². The topological polar surface area (TPSA) is 56.2 Å². The predicted molar refractivity (Wildman–Crippen MR) is 70.6 cm³/mol. The lowest BCUT2D eigenvalue weighted by molar-refractivity contribution is -0.148. The number of methoxy groups -OCH3 is 1. The molecule has 1 aromatic rings. The zero-order chi connectivity index (χ0) is 16.1. The Morgan fingerprint density at radius 1 is 1.48 bits per heavy atom. The lowest BCUT2D eigenvalue weighted by atomic mass is 9.97. The summed E-state index contributed by atoms with van der Waals surface area (Å²) in [6.45, 7) is 4.41. The molecule has 21 heavy (non-hydrogen) atoms. The molecule has 0 saturated heterocycles. The largest absolute Gasteiger partial charge is 0.468 e. The van der Waals surface area contributed by atoms with Gasteiger partial charge in [0.15, 0.2) is 0 Å². The normalized spacial score (nSPS) is 14.8. The number of esters is 1. The van der Waals surface area contributed by atoms with E-state index in [-0.39, 0.29) is 13.0 Å². The molecule has 120 valence electrons. The van der Waals surface area contributed by atoms with Crippen LogP contribution in [0.3, 0.4) is 0 Å². The smallest absolute Gasteiger partial charge is 0.419 e.